The number of carbonyl (C=O) groups is 2. The Morgan fingerprint density at radius 3 is 2.58 bits per heavy atom. The average Bonchev–Trinajstić information content (AvgIpc) is 3.02. The number of hydrogen-bond acceptors (Lipinski definition) is 3. The fourth-order valence-corrected chi connectivity index (χ4v) is 2.99. The molecule has 2 aromatic rings. The molecule has 2 N–H and O–H groups in total. The molecule has 0 aliphatic carbocycles. The van der Waals surface area contributed by atoms with E-state index in [9.17, 15) is 9.59 Å². The number of para-hydroxylation sites is 1. The maximum atomic E-state index is 12.8. The SMILES string of the molecule is O=C(C=Cc1ccccc1N1CC[C@H](c2ccccc2)C1=O)NO. The predicted molar refractivity (Wildman–Crippen MR) is 91.6 cm³/mol. The predicted octanol–water partition coefficient (Wildman–Crippen LogP) is 2.73. The second-order valence-electron chi connectivity index (χ2n) is 5.61. The number of benzene rings is 2. The van der Waals surface area contributed by atoms with Crippen molar-refractivity contribution in [2.45, 2.75) is 12.3 Å². The van der Waals surface area contributed by atoms with Crippen LogP contribution >= 0.6 is 0 Å². The smallest absolute Gasteiger partial charge is 0.267 e. The van der Waals surface area contributed by atoms with Gasteiger partial charge in [0.25, 0.3) is 5.91 Å². The fourth-order valence-electron chi connectivity index (χ4n) is 2.99. The lowest BCUT2D eigenvalue weighted by Gasteiger charge is -2.19. The van der Waals surface area contributed by atoms with Gasteiger partial charge in [0, 0.05) is 12.6 Å². The number of amides is 2. The summed E-state index contributed by atoms with van der Waals surface area (Å²) in [7, 11) is 0. The normalized spacial score (nSPS) is 17.5. The molecule has 3 rings (SSSR count). The molecule has 0 radical (unpaired) electrons. The minimum atomic E-state index is -0.611. The Balaban J connectivity index is 1.87. The van der Waals surface area contributed by atoms with Crippen LogP contribution in [0.3, 0.4) is 0 Å². The highest BCUT2D eigenvalue weighted by molar-refractivity contribution is 6.02. The summed E-state index contributed by atoms with van der Waals surface area (Å²) in [6.07, 6.45) is 3.58. The lowest BCUT2D eigenvalue weighted by atomic mass is 9.98. The van der Waals surface area contributed by atoms with Crippen LogP contribution in [0.2, 0.25) is 0 Å². The minimum absolute atomic E-state index is 0.0636. The van der Waals surface area contributed by atoms with Gasteiger partial charge in [-0.1, -0.05) is 48.5 Å². The van der Waals surface area contributed by atoms with Crippen molar-refractivity contribution in [1.82, 2.24) is 5.48 Å². The molecule has 5 nitrogen and oxygen atoms in total. The molecule has 0 aromatic heterocycles. The van der Waals surface area contributed by atoms with E-state index in [1.54, 1.807) is 16.5 Å². The number of hydrogen-bond donors (Lipinski definition) is 2. The summed E-state index contributed by atoms with van der Waals surface area (Å²) in [4.78, 5) is 25.8. The van der Waals surface area contributed by atoms with Crippen LogP contribution in [0, 0.1) is 0 Å². The quantitative estimate of drug-likeness (QED) is 0.516. The van der Waals surface area contributed by atoms with Gasteiger partial charge < -0.3 is 4.90 Å². The van der Waals surface area contributed by atoms with Gasteiger partial charge in [0.1, 0.15) is 0 Å². The van der Waals surface area contributed by atoms with Crippen LogP contribution in [-0.2, 0) is 9.59 Å². The third-order valence-electron chi connectivity index (χ3n) is 4.16. The first-order chi connectivity index (χ1) is 11.7. The first-order valence-corrected chi connectivity index (χ1v) is 7.78. The molecule has 1 aliphatic heterocycles. The number of anilines is 1. The summed E-state index contributed by atoms with van der Waals surface area (Å²) in [5, 5.41) is 8.58. The first-order valence-electron chi connectivity index (χ1n) is 7.78. The summed E-state index contributed by atoms with van der Waals surface area (Å²) < 4.78 is 0. The van der Waals surface area contributed by atoms with Gasteiger partial charge in [-0.3, -0.25) is 14.8 Å². The van der Waals surface area contributed by atoms with Crippen molar-refractivity contribution in [2.24, 2.45) is 0 Å². The van der Waals surface area contributed by atoms with Crippen molar-refractivity contribution >= 4 is 23.6 Å². The molecule has 0 saturated carbocycles. The molecule has 122 valence electrons. The van der Waals surface area contributed by atoms with E-state index in [-0.39, 0.29) is 11.8 Å². The second kappa shape index (κ2) is 7.10. The maximum absolute atomic E-state index is 12.8. The molecule has 1 heterocycles. The number of nitrogens with zero attached hydrogens (tertiary/aromatic N) is 1. The van der Waals surface area contributed by atoms with E-state index in [0.717, 1.165) is 23.2 Å². The van der Waals surface area contributed by atoms with Crippen LogP contribution in [0.4, 0.5) is 5.69 Å². The Morgan fingerprint density at radius 1 is 1.12 bits per heavy atom. The van der Waals surface area contributed by atoms with Gasteiger partial charge in [0.2, 0.25) is 5.91 Å². The van der Waals surface area contributed by atoms with Gasteiger partial charge in [-0.05, 0) is 29.7 Å². The Hall–Kier alpha value is -2.92. The third kappa shape index (κ3) is 3.21. The molecular formula is C19H18N2O3. The lowest BCUT2D eigenvalue weighted by molar-refractivity contribution is -0.124. The van der Waals surface area contributed by atoms with Crippen LogP contribution in [0.15, 0.2) is 60.7 Å². The number of carbonyl (C=O) groups excluding carboxylic acids is 2. The zero-order chi connectivity index (χ0) is 16.9. The van der Waals surface area contributed by atoms with Crippen molar-refractivity contribution in [3.05, 3.63) is 71.8 Å². The number of rotatable bonds is 4. The summed E-state index contributed by atoms with van der Waals surface area (Å²) in [6.45, 7) is 0.634. The average molecular weight is 322 g/mol. The van der Waals surface area contributed by atoms with Crippen molar-refractivity contribution in [3.63, 3.8) is 0 Å². The van der Waals surface area contributed by atoms with E-state index in [1.807, 2.05) is 54.6 Å². The highest BCUT2D eigenvalue weighted by Crippen LogP contribution is 2.34. The van der Waals surface area contributed by atoms with Crippen LogP contribution in [0.1, 0.15) is 23.5 Å². The van der Waals surface area contributed by atoms with Crippen LogP contribution in [0.25, 0.3) is 6.08 Å². The van der Waals surface area contributed by atoms with Crippen LogP contribution in [-0.4, -0.2) is 23.6 Å². The van der Waals surface area contributed by atoms with Crippen LogP contribution in [0.5, 0.6) is 0 Å². The lowest BCUT2D eigenvalue weighted by Crippen LogP contribution is -2.27. The molecule has 0 unspecified atom stereocenters. The van der Waals surface area contributed by atoms with Gasteiger partial charge in [-0.2, -0.15) is 0 Å². The van der Waals surface area contributed by atoms with E-state index < -0.39 is 5.91 Å². The molecule has 1 aliphatic rings. The Bertz CT molecular complexity index is 771. The molecule has 2 amide bonds. The Kier molecular flexibility index (Phi) is 4.72. The molecule has 1 saturated heterocycles. The first kappa shape index (κ1) is 16.0. The molecule has 5 heteroatoms. The minimum Gasteiger partial charge on any atom is -0.311 e. The summed E-state index contributed by atoms with van der Waals surface area (Å²) in [6, 6.07) is 17.2. The van der Waals surface area contributed by atoms with Gasteiger partial charge in [0.15, 0.2) is 0 Å². The molecule has 0 spiro atoms. The summed E-state index contributed by atoms with van der Waals surface area (Å²) in [5.41, 5.74) is 4.10. The summed E-state index contributed by atoms with van der Waals surface area (Å²) >= 11 is 0. The van der Waals surface area contributed by atoms with Crippen molar-refractivity contribution < 1.29 is 14.8 Å². The maximum Gasteiger partial charge on any atom is 0.267 e. The zero-order valence-electron chi connectivity index (χ0n) is 13.1. The standard InChI is InChI=1S/C19H18N2O3/c22-18(20-24)11-10-15-8-4-5-9-17(15)21-13-12-16(19(21)23)14-6-2-1-3-7-14/h1-11,16,24H,12-13H2,(H,20,22)/t16-/m1/s1. The second-order valence-corrected chi connectivity index (χ2v) is 5.61. The van der Waals surface area contributed by atoms with Crippen LogP contribution < -0.4 is 10.4 Å². The monoisotopic (exact) mass is 322 g/mol. The van der Waals surface area contributed by atoms with Crippen molar-refractivity contribution in [1.29, 1.82) is 0 Å². The molecule has 0 bridgehead atoms. The highest BCUT2D eigenvalue weighted by atomic mass is 16.5. The Morgan fingerprint density at radius 2 is 1.83 bits per heavy atom. The van der Waals surface area contributed by atoms with Gasteiger partial charge >= 0.3 is 0 Å². The molecule has 1 atom stereocenters. The third-order valence-corrected chi connectivity index (χ3v) is 4.16. The van der Waals surface area contributed by atoms with Crippen molar-refractivity contribution in [3.8, 4) is 0 Å². The number of hydroxylamine groups is 1. The van der Waals surface area contributed by atoms with E-state index in [4.69, 9.17) is 5.21 Å². The fraction of sp³-hybridized carbons (Fsp3) is 0.158. The molecule has 24 heavy (non-hydrogen) atoms. The van der Waals surface area contributed by atoms with E-state index in [2.05, 4.69) is 0 Å². The van der Waals surface area contributed by atoms with Crippen molar-refractivity contribution in [2.75, 3.05) is 11.4 Å². The molecule has 2 aromatic carbocycles. The van der Waals surface area contributed by atoms with E-state index in [0.29, 0.717) is 6.54 Å². The number of nitrogens with one attached hydrogen (secondary N) is 1. The van der Waals surface area contributed by atoms with E-state index in [1.165, 1.54) is 6.08 Å². The highest BCUT2D eigenvalue weighted by Gasteiger charge is 2.34. The molecule has 1 fully saturated rings. The topological polar surface area (TPSA) is 69.6 Å². The van der Waals surface area contributed by atoms with E-state index >= 15 is 0 Å². The molecular weight excluding hydrogens is 304 g/mol. The van der Waals surface area contributed by atoms with Gasteiger partial charge in [-0.25, -0.2) is 5.48 Å². The van der Waals surface area contributed by atoms with Gasteiger partial charge in [-0.15, -0.1) is 0 Å². The Labute approximate surface area is 140 Å². The van der Waals surface area contributed by atoms with Gasteiger partial charge in [0.05, 0.1) is 11.6 Å². The largest absolute Gasteiger partial charge is 0.311 e. The zero-order valence-corrected chi connectivity index (χ0v) is 13.1. The summed E-state index contributed by atoms with van der Waals surface area (Å²) in [5.74, 6) is -0.683.